The molecular formula is C47H71N5O13S. The Kier molecular flexibility index (Phi) is 23.1. The SMILES string of the molecule is CO[C@H]1/C=C\C=C(/C)C(=O)NC2=CC(=O)C(NCCOCCOCCOCCNC(=O)CCCC[C@@H]3SC[C@@H]4NC(=O)N[C@@H]43)=C(C[C@@H](C)C[C@H](OC)[C@H](O)[C@@H](C)/C=C(\C)[C@@H]1OC(C)=O)C2=O. The highest BCUT2D eigenvalue weighted by molar-refractivity contribution is 8.00. The predicted octanol–water partition coefficient (Wildman–Crippen LogP) is 2.71. The summed E-state index contributed by atoms with van der Waals surface area (Å²) in [7, 11) is 2.96. The van der Waals surface area contributed by atoms with Gasteiger partial charge in [0.1, 0.15) is 6.10 Å². The number of rotatable bonds is 21. The third-order valence-corrected chi connectivity index (χ3v) is 13.3. The lowest BCUT2D eigenvalue weighted by atomic mass is 9.85. The molecule has 9 atom stereocenters. The molecule has 66 heavy (non-hydrogen) atoms. The maximum absolute atomic E-state index is 14.0. The van der Waals surface area contributed by atoms with Crippen molar-refractivity contribution in [2.75, 3.05) is 72.7 Å². The van der Waals surface area contributed by atoms with Gasteiger partial charge >= 0.3 is 12.0 Å². The lowest BCUT2D eigenvalue weighted by Gasteiger charge is -2.30. The molecule has 2 saturated heterocycles. The molecule has 0 aromatic heterocycles. The summed E-state index contributed by atoms with van der Waals surface area (Å²) in [5, 5.41) is 26.4. The van der Waals surface area contributed by atoms with Crippen molar-refractivity contribution in [2.24, 2.45) is 11.8 Å². The number of esters is 1. The van der Waals surface area contributed by atoms with E-state index in [4.69, 9.17) is 28.4 Å². The summed E-state index contributed by atoms with van der Waals surface area (Å²) in [4.78, 5) is 76.7. The molecule has 6 N–H and O–H groups in total. The number of thioether (sulfide) groups is 1. The number of ketones is 2. The number of aliphatic hydroxyl groups is 1. The normalized spacial score (nSPS) is 29.6. The summed E-state index contributed by atoms with van der Waals surface area (Å²) in [5.41, 5.74) is 1.03. The average Bonchev–Trinajstić information content (AvgIpc) is 3.84. The summed E-state index contributed by atoms with van der Waals surface area (Å²) < 4.78 is 33.9. The number of Topliss-reactive ketones (excluding diaryl/α,β-unsaturated/α-hetero) is 1. The van der Waals surface area contributed by atoms with Crippen LogP contribution in [0.1, 0.15) is 73.1 Å². The van der Waals surface area contributed by atoms with Crippen molar-refractivity contribution in [1.29, 1.82) is 0 Å². The van der Waals surface area contributed by atoms with Gasteiger partial charge < -0.3 is 60.1 Å². The molecule has 4 rings (SSSR count). The number of aliphatic hydroxyl groups excluding tert-OH is 1. The van der Waals surface area contributed by atoms with Gasteiger partial charge in [-0.15, -0.1) is 0 Å². The Morgan fingerprint density at radius 2 is 1.62 bits per heavy atom. The van der Waals surface area contributed by atoms with Gasteiger partial charge in [-0.25, -0.2) is 4.79 Å². The number of nitrogens with one attached hydrogen (secondary N) is 5. The first-order chi connectivity index (χ1) is 31.6. The number of amides is 4. The highest BCUT2D eigenvalue weighted by atomic mass is 32.2. The van der Waals surface area contributed by atoms with Crippen LogP contribution in [0.25, 0.3) is 0 Å². The highest BCUT2D eigenvalue weighted by Gasteiger charge is 2.42. The summed E-state index contributed by atoms with van der Waals surface area (Å²) >= 11 is 1.88. The molecule has 2 bridgehead atoms. The molecule has 0 aromatic carbocycles. The molecule has 0 aromatic rings. The number of ether oxygens (including phenoxy) is 6. The van der Waals surface area contributed by atoms with E-state index in [1.165, 1.54) is 27.2 Å². The molecule has 0 saturated carbocycles. The standard InChI is InChI=1S/C47H71N5O13S/c1-28-23-33-41(49-16-18-63-20-22-64-21-19-62-17-15-48-40(55)14-9-8-13-39-42-35(27-66-39)51-47(59)52-42)36(54)26-34(44(33)57)50-46(58)29(2)11-10-12-37(60-6)45(65-32(5)53)31(4)25-30(3)43(56)38(24-28)61-7/h10-12,25-26,28,30,35,37-39,42-43,45,49,56H,8-9,13-24,27H2,1-7H3,(H,48,55)(H,50,58)(H2,51,52,59)/b12-10-,29-11+,31-25+/t28-,30+,35+,37+,38+,39+,42+,43-,45+/m1/s1. The van der Waals surface area contributed by atoms with Crippen LogP contribution in [0.4, 0.5) is 4.79 Å². The fourth-order valence-electron chi connectivity index (χ4n) is 8.25. The summed E-state index contributed by atoms with van der Waals surface area (Å²) in [5.74, 6) is -1.88. The van der Waals surface area contributed by atoms with E-state index in [1.54, 1.807) is 26.0 Å². The Balaban J connectivity index is 1.22. The smallest absolute Gasteiger partial charge is 0.315 e. The number of unbranched alkanes of at least 4 members (excludes halogenated alkanes) is 1. The van der Waals surface area contributed by atoms with Crippen LogP contribution < -0.4 is 26.6 Å². The second kappa shape index (κ2) is 28.1. The van der Waals surface area contributed by atoms with Crippen molar-refractivity contribution in [2.45, 2.75) is 115 Å². The molecule has 0 spiro atoms. The molecule has 2 fully saturated rings. The second-order valence-corrected chi connectivity index (χ2v) is 18.4. The molecule has 3 aliphatic heterocycles. The quantitative estimate of drug-likeness (QED) is 0.0319. The number of allylic oxidation sites excluding steroid dienone is 4. The average molecular weight is 946 g/mol. The van der Waals surface area contributed by atoms with Crippen LogP contribution in [0.15, 0.2) is 58.5 Å². The van der Waals surface area contributed by atoms with Crippen molar-refractivity contribution in [3.05, 3.63) is 58.5 Å². The summed E-state index contributed by atoms with van der Waals surface area (Å²) in [6, 6.07) is 0.303. The maximum Gasteiger partial charge on any atom is 0.315 e. The lowest BCUT2D eigenvalue weighted by Crippen LogP contribution is -2.38. The summed E-state index contributed by atoms with van der Waals surface area (Å²) in [6.07, 6.45) is 8.08. The van der Waals surface area contributed by atoms with Crippen molar-refractivity contribution in [1.82, 2.24) is 26.6 Å². The van der Waals surface area contributed by atoms with Gasteiger partial charge in [0.15, 0.2) is 6.10 Å². The molecule has 0 unspecified atom stereocenters. The topological polar surface area (TPSA) is 238 Å². The van der Waals surface area contributed by atoms with Crippen LogP contribution in [0.3, 0.4) is 0 Å². The first kappa shape index (κ1) is 54.2. The number of hydrogen-bond acceptors (Lipinski definition) is 15. The number of methoxy groups -OCH3 is 2. The van der Waals surface area contributed by atoms with E-state index >= 15 is 0 Å². The molecule has 19 heteroatoms. The van der Waals surface area contributed by atoms with Gasteiger partial charge in [-0.3, -0.25) is 24.0 Å². The van der Waals surface area contributed by atoms with Crippen LogP contribution >= 0.6 is 11.8 Å². The minimum absolute atomic E-state index is 0.00972. The molecule has 4 aliphatic rings. The Morgan fingerprint density at radius 1 is 0.924 bits per heavy atom. The van der Waals surface area contributed by atoms with Crippen molar-refractivity contribution >= 4 is 47.1 Å². The minimum Gasteiger partial charge on any atom is -0.455 e. The van der Waals surface area contributed by atoms with Gasteiger partial charge in [0.2, 0.25) is 17.5 Å². The Hall–Kier alpha value is -4.37. The van der Waals surface area contributed by atoms with Crippen LogP contribution in [-0.4, -0.2) is 155 Å². The molecular weight excluding hydrogens is 875 g/mol. The number of hydrogen-bond donors (Lipinski definition) is 6. The van der Waals surface area contributed by atoms with Gasteiger partial charge in [-0.2, -0.15) is 11.8 Å². The fraction of sp³-hybridized carbons (Fsp3) is 0.660. The van der Waals surface area contributed by atoms with E-state index in [0.717, 1.165) is 31.1 Å². The number of fused-ring (bicyclic) bond motifs is 3. The Labute approximate surface area is 392 Å². The van der Waals surface area contributed by atoms with E-state index < -0.39 is 53.8 Å². The van der Waals surface area contributed by atoms with E-state index in [9.17, 15) is 33.9 Å². The summed E-state index contributed by atoms with van der Waals surface area (Å²) in [6.45, 7) is 10.8. The zero-order valence-corrected chi connectivity index (χ0v) is 40.3. The lowest BCUT2D eigenvalue weighted by molar-refractivity contribution is -0.149. The molecule has 1 aliphatic carbocycles. The minimum atomic E-state index is -0.979. The van der Waals surface area contributed by atoms with E-state index in [-0.39, 0.29) is 78.7 Å². The van der Waals surface area contributed by atoms with Crippen LogP contribution in [0.2, 0.25) is 0 Å². The van der Waals surface area contributed by atoms with Crippen molar-refractivity contribution in [3.63, 3.8) is 0 Å². The van der Waals surface area contributed by atoms with Crippen LogP contribution in [0, 0.1) is 11.8 Å². The van der Waals surface area contributed by atoms with Crippen molar-refractivity contribution in [3.8, 4) is 0 Å². The van der Waals surface area contributed by atoms with Gasteiger partial charge in [-0.05, 0) is 51.0 Å². The van der Waals surface area contributed by atoms with E-state index in [1.807, 2.05) is 31.7 Å². The zero-order valence-electron chi connectivity index (χ0n) is 39.4. The van der Waals surface area contributed by atoms with E-state index in [2.05, 4.69) is 26.6 Å². The van der Waals surface area contributed by atoms with Crippen molar-refractivity contribution < 1.29 is 62.3 Å². The third-order valence-electron chi connectivity index (χ3n) is 11.8. The highest BCUT2D eigenvalue weighted by Crippen LogP contribution is 2.33. The molecule has 3 heterocycles. The second-order valence-electron chi connectivity index (χ2n) is 17.1. The monoisotopic (exact) mass is 945 g/mol. The van der Waals surface area contributed by atoms with E-state index in [0.29, 0.717) is 56.6 Å². The number of urea groups is 1. The predicted molar refractivity (Wildman–Crippen MR) is 248 cm³/mol. The third kappa shape index (κ3) is 17.1. The molecule has 0 radical (unpaired) electrons. The largest absolute Gasteiger partial charge is 0.455 e. The molecule has 18 nitrogen and oxygen atoms in total. The van der Waals surface area contributed by atoms with Gasteiger partial charge in [0.05, 0.1) is 75.3 Å². The number of carbonyl (C=O) groups excluding carboxylic acids is 6. The first-order valence-corrected chi connectivity index (χ1v) is 23.9. The molecule has 368 valence electrons. The Morgan fingerprint density at radius 3 is 2.30 bits per heavy atom. The van der Waals surface area contributed by atoms with Crippen LogP contribution in [-0.2, 0) is 52.4 Å². The molecule has 4 amide bonds. The Bertz CT molecular complexity index is 1850. The first-order valence-electron chi connectivity index (χ1n) is 22.8. The van der Waals surface area contributed by atoms with Gasteiger partial charge in [0, 0.05) is 74.8 Å². The van der Waals surface area contributed by atoms with Crippen LogP contribution in [0.5, 0.6) is 0 Å². The van der Waals surface area contributed by atoms with Gasteiger partial charge in [-0.1, -0.05) is 44.6 Å². The number of carbonyl (C=O) groups is 6. The zero-order chi connectivity index (χ0) is 48.2. The maximum atomic E-state index is 14.0. The van der Waals surface area contributed by atoms with Gasteiger partial charge in [0.25, 0.3) is 5.91 Å². The fourth-order valence-corrected chi connectivity index (χ4v) is 9.79.